The Labute approximate surface area is 185 Å². The Kier molecular flexibility index (Phi) is 6.37. The van der Waals surface area contributed by atoms with Crippen LogP contribution in [0.1, 0.15) is 53.2 Å². The number of hydrogen-bond acceptors (Lipinski definition) is 5. The van der Waals surface area contributed by atoms with Crippen molar-refractivity contribution in [3.05, 3.63) is 52.6 Å². The third kappa shape index (κ3) is 4.72. The first-order chi connectivity index (χ1) is 15.2. The van der Waals surface area contributed by atoms with Crippen LogP contribution in [-0.4, -0.2) is 54.0 Å². The Bertz CT molecular complexity index is 1000. The highest BCUT2D eigenvalue weighted by molar-refractivity contribution is 5.95. The van der Waals surface area contributed by atoms with Gasteiger partial charge in [-0.25, -0.2) is 23.1 Å². The zero-order valence-corrected chi connectivity index (χ0v) is 18.3. The molecule has 0 bridgehead atoms. The molecule has 32 heavy (non-hydrogen) atoms. The average molecular weight is 448 g/mol. The number of aromatic nitrogens is 2. The lowest BCUT2D eigenvalue weighted by molar-refractivity contribution is 0.0676. The number of halogens is 3. The van der Waals surface area contributed by atoms with Crippen LogP contribution in [0.15, 0.2) is 18.3 Å². The maximum Gasteiger partial charge on any atom is 0.257 e. The molecule has 2 heterocycles. The Morgan fingerprint density at radius 3 is 2.41 bits per heavy atom. The summed E-state index contributed by atoms with van der Waals surface area (Å²) in [5, 5.41) is 0. The van der Waals surface area contributed by atoms with E-state index in [-0.39, 0.29) is 23.8 Å². The van der Waals surface area contributed by atoms with Gasteiger partial charge < -0.3 is 15.5 Å². The summed E-state index contributed by atoms with van der Waals surface area (Å²) in [6.07, 6.45) is 5.12. The molecule has 2 N–H and O–H groups in total. The third-order valence-electron chi connectivity index (χ3n) is 6.38. The first-order valence-electron chi connectivity index (χ1n) is 11.0. The van der Waals surface area contributed by atoms with Crippen molar-refractivity contribution in [2.45, 2.75) is 44.1 Å². The molecule has 1 saturated heterocycles. The molecule has 172 valence electrons. The Morgan fingerprint density at radius 2 is 1.78 bits per heavy atom. The molecule has 1 saturated carbocycles. The number of benzene rings is 1. The minimum absolute atomic E-state index is 0.0573. The second-order valence-corrected chi connectivity index (χ2v) is 8.99. The van der Waals surface area contributed by atoms with Gasteiger partial charge in [-0.15, -0.1) is 0 Å². The number of amides is 1. The van der Waals surface area contributed by atoms with E-state index in [4.69, 9.17) is 5.73 Å². The number of anilines is 1. The largest absolute Gasteiger partial charge is 0.347 e. The molecule has 1 atom stereocenters. The lowest BCUT2D eigenvalue weighted by atomic mass is 9.86. The number of likely N-dealkylation sites (tertiary alicyclic amines) is 1. The molecule has 4 rings (SSSR count). The van der Waals surface area contributed by atoms with Crippen molar-refractivity contribution in [3.8, 4) is 0 Å². The van der Waals surface area contributed by atoms with Crippen LogP contribution in [0, 0.1) is 23.4 Å². The predicted molar refractivity (Wildman–Crippen MR) is 115 cm³/mol. The maximum atomic E-state index is 14.0. The van der Waals surface area contributed by atoms with Gasteiger partial charge in [0.25, 0.3) is 5.91 Å². The summed E-state index contributed by atoms with van der Waals surface area (Å²) in [6.45, 7) is 1.05. The monoisotopic (exact) mass is 447 g/mol. The number of carbonyl (C=O) groups excluding carboxylic acids is 1. The Balaban J connectivity index is 1.39. The van der Waals surface area contributed by atoms with Gasteiger partial charge in [0.1, 0.15) is 5.82 Å². The van der Waals surface area contributed by atoms with Gasteiger partial charge in [0.05, 0.1) is 11.3 Å². The van der Waals surface area contributed by atoms with Gasteiger partial charge in [0, 0.05) is 51.4 Å². The van der Waals surface area contributed by atoms with Crippen molar-refractivity contribution >= 4 is 11.9 Å². The molecule has 1 aliphatic heterocycles. The minimum Gasteiger partial charge on any atom is -0.347 e. The summed E-state index contributed by atoms with van der Waals surface area (Å²) in [5.74, 6) is -2.19. The van der Waals surface area contributed by atoms with Crippen molar-refractivity contribution in [2.24, 2.45) is 11.7 Å². The van der Waals surface area contributed by atoms with Gasteiger partial charge in [0.2, 0.25) is 5.95 Å². The van der Waals surface area contributed by atoms with E-state index < -0.39 is 23.5 Å². The topological polar surface area (TPSA) is 75.4 Å². The third-order valence-corrected chi connectivity index (χ3v) is 6.38. The van der Waals surface area contributed by atoms with Crippen molar-refractivity contribution in [1.82, 2.24) is 14.9 Å². The first-order valence-corrected chi connectivity index (χ1v) is 11.0. The SMILES string of the molecule is CN(C)c1ncc(C(=O)N2CCC([C@H](N)Cc3cc(F)c(F)cc3F)CC2)c(C2CC2)n1. The lowest BCUT2D eigenvalue weighted by Gasteiger charge is -2.35. The molecule has 6 nitrogen and oxygen atoms in total. The molecular weight excluding hydrogens is 419 g/mol. The van der Waals surface area contributed by atoms with Crippen LogP contribution in [0.5, 0.6) is 0 Å². The second-order valence-electron chi connectivity index (χ2n) is 8.99. The zero-order valence-electron chi connectivity index (χ0n) is 18.3. The number of nitrogens with two attached hydrogens (primary N) is 1. The van der Waals surface area contributed by atoms with Crippen LogP contribution < -0.4 is 10.6 Å². The van der Waals surface area contributed by atoms with Crippen molar-refractivity contribution in [3.63, 3.8) is 0 Å². The van der Waals surface area contributed by atoms with Gasteiger partial charge in [-0.2, -0.15) is 0 Å². The van der Waals surface area contributed by atoms with Gasteiger partial charge in [-0.05, 0) is 49.7 Å². The van der Waals surface area contributed by atoms with Crippen LogP contribution in [0.3, 0.4) is 0 Å². The van der Waals surface area contributed by atoms with E-state index in [9.17, 15) is 18.0 Å². The normalized spacial score (nSPS) is 18.0. The maximum absolute atomic E-state index is 14.0. The molecular formula is C23H28F3N5O. The number of carbonyl (C=O) groups is 1. The molecule has 0 unspecified atom stereocenters. The molecule has 0 radical (unpaired) electrons. The highest BCUT2D eigenvalue weighted by atomic mass is 19.2. The highest BCUT2D eigenvalue weighted by Gasteiger charge is 2.34. The van der Waals surface area contributed by atoms with E-state index in [1.165, 1.54) is 0 Å². The molecule has 1 aliphatic carbocycles. The van der Waals surface area contributed by atoms with Crippen molar-refractivity contribution < 1.29 is 18.0 Å². The minimum atomic E-state index is -1.21. The summed E-state index contributed by atoms with van der Waals surface area (Å²) >= 11 is 0. The zero-order chi connectivity index (χ0) is 23.0. The van der Waals surface area contributed by atoms with Crippen LogP contribution in [0.2, 0.25) is 0 Å². The number of rotatable bonds is 6. The van der Waals surface area contributed by atoms with Gasteiger partial charge in [0.15, 0.2) is 11.6 Å². The molecule has 1 aromatic heterocycles. The van der Waals surface area contributed by atoms with E-state index in [0.29, 0.717) is 49.4 Å². The summed E-state index contributed by atoms with van der Waals surface area (Å²) in [7, 11) is 3.74. The number of hydrogen-bond donors (Lipinski definition) is 1. The van der Waals surface area contributed by atoms with Gasteiger partial charge >= 0.3 is 0 Å². The van der Waals surface area contributed by atoms with Gasteiger partial charge in [-0.1, -0.05) is 0 Å². The highest BCUT2D eigenvalue weighted by Crippen LogP contribution is 2.41. The molecule has 2 aromatic rings. The first kappa shape index (κ1) is 22.5. The van der Waals surface area contributed by atoms with E-state index >= 15 is 0 Å². The fourth-order valence-corrected chi connectivity index (χ4v) is 4.28. The molecule has 1 aromatic carbocycles. The van der Waals surface area contributed by atoms with E-state index in [2.05, 4.69) is 9.97 Å². The van der Waals surface area contributed by atoms with Crippen LogP contribution >= 0.6 is 0 Å². The van der Waals surface area contributed by atoms with E-state index in [1.807, 2.05) is 19.0 Å². The molecule has 2 fully saturated rings. The molecule has 2 aliphatic rings. The average Bonchev–Trinajstić information content (AvgIpc) is 3.62. The van der Waals surface area contributed by atoms with Crippen LogP contribution in [0.25, 0.3) is 0 Å². The summed E-state index contributed by atoms with van der Waals surface area (Å²) in [5.41, 5.74) is 7.73. The second kappa shape index (κ2) is 9.05. The Hall–Kier alpha value is -2.68. The Morgan fingerprint density at radius 1 is 1.12 bits per heavy atom. The summed E-state index contributed by atoms with van der Waals surface area (Å²) in [4.78, 5) is 25.8. The molecule has 9 heteroatoms. The van der Waals surface area contributed by atoms with Gasteiger partial charge in [-0.3, -0.25) is 4.79 Å². The van der Waals surface area contributed by atoms with E-state index in [0.717, 1.165) is 24.6 Å². The molecule has 0 spiro atoms. The lowest BCUT2D eigenvalue weighted by Crippen LogP contribution is -2.44. The fourth-order valence-electron chi connectivity index (χ4n) is 4.28. The summed E-state index contributed by atoms with van der Waals surface area (Å²) < 4.78 is 40.6. The van der Waals surface area contributed by atoms with Crippen LogP contribution in [0.4, 0.5) is 19.1 Å². The van der Waals surface area contributed by atoms with Crippen molar-refractivity contribution in [2.75, 3.05) is 32.1 Å². The quantitative estimate of drug-likeness (QED) is 0.688. The summed E-state index contributed by atoms with van der Waals surface area (Å²) in [6, 6.07) is 1.02. The fraction of sp³-hybridized carbons (Fsp3) is 0.522. The van der Waals surface area contributed by atoms with Crippen LogP contribution in [-0.2, 0) is 6.42 Å². The number of nitrogens with zero attached hydrogens (tertiary/aromatic N) is 4. The smallest absolute Gasteiger partial charge is 0.257 e. The molecule has 1 amide bonds. The number of piperidine rings is 1. The predicted octanol–water partition coefficient (Wildman–Crippen LogP) is 3.26. The van der Waals surface area contributed by atoms with E-state index in [1.54, 1.807) is 11.1 Å². The van der Waals surface area contributed by atoms with Crippen molar-refractivity contribution in [1.29, 1.82) is 0 Å². The standard InChI is InChI=1S/C23H28F3N5O/c1-30(2)23-28-12-16(21(29-23)14-3-4-14)22(32)31-7-5-13(6-8-31)20(27)10-15-9-18(25)19(26)11-17(15)24/h9,11-14,20H,3-8,10,27H2,1-2H3/t20-/m1/s1.